The van der Waals surface area contributed by atoms with Crippen LogP contribution < -0.4 is 5.32 Å². The highest BCUT2D eigenvalue weighted by Crippen LogP contribution is 2.09. The lowest BCUT2D eigenvalue weighted by Crippen LogP contribution is -2.38. The van der Waals surface area contributed by atoms with Gasteiger partial charge in [-0.2, -0.15) is 0 Å². The Morgan fingerprint density at radius 1 is 1.39 bits per heavy atom. The molecular formula is C15H26N2O. The van der Waals surface area contributed by atoms with Crippen molar-refractivity contribution >= 4 is 0 Å². The zero-order chi connectivity index (χ0) is 13.8. The lowest BCUT2D eigenvalue weighted by molar-refractivity contribution is 0.308. The molecule has 0 saturated heterocycles. The third-order valence-corrected chi connectivity index (χ3v) is 2.58. The molecule has 0 atom stereocenters. The molecule has 3 nitrogen and oxygen atoms in total. The first kappa shape index (κ1) is 15.0. The van der Waals surface area contributed by atoms with Crippen molar-refractivity contribution in [3.05, 3.63) is 35.8 Å². The summed E-state index contributed by atoms with van der Waals surface area (Å²) in [5.41, 5.74) is 1.33. The molecule has 0 amide bonds. The second kappa shape index (κ2) is 6.21. The maximum absolute atomic E-state index is 5.56. The van der Waals surface area contributed by atoms with Crippen molar-refractivity contribution in [2.45, 2.75) is 39.8 Å². The van der Waals surface area contributed by atoms with Gasteiger partial charge in [-0.3, -0.25) is 4.90 Å². The zero-order valence-corrected chi connectivity index (χ0v) is 12.3. The summed E-state index contributed by atoms with van der Waals surface area (Å²) in [4.78, 5) is 2.21. The lowest BCUT2D eigenvalue weighted by atomic mass is 10.1. The highest BCUT2D eigenvalue weighted by Gasteiger charge is 2.10. The number of likely N-dealkylation sites (N-methyl/N-ethyl adjacent to an activating group) is 1. The van der Waals surface area contributed by atoms with Gasteiger partial charge in [-0.15, -0.1) is 0 Å². The van der Waals surface area contributed by atoms with Crippen LogP contribution >= 0.6 is 0 Å². The van der Waals surface area contributed by atoms with E-state index in [0.29, 0.717) is 0 Å². The van der Waals surface area contributed by atoms with Crippen molar-refractivity contribution in [1.29, 1.82) is 0 Å². The molecule has 1 rings (SSSR count). The van der Waals surface area contributed by atoms with Crippen molar-refractivity contribution in [1.82, 2.24) is 10.2 Å². The van der Waals surface area contributed by atoms with Gasteiger partial charge in [0, 0.05) is 18.6 Å². The van der Waals surface area contributed by atoms with Crippen molar-refractivity contribution < 1.29 is 4.42 Å². The fourth-order valence-corrected chi connectivity index (χ4v) is 1.72. The molecule has 1 aromatic rings. The summed E-state index contributed by atoms with van der Waals surface area (Å²) in [6, 6.07) is 4.03. The first-order valence-electron chi connectivity index (χ1n) is 6.42. The Morgan fingerprint density at radius 2 is 2.06 bits per heavy atom. The summed E-state index contributed by atoms with van der Waals surface area (Å²) >= 11 is 0. The molecule has 0 fully saturated rings. The van der Waals surface area contributed by atoms with E-state index in [1.54, 1.807) is 0 Å². The molecule has 18 heavy (non-hydrogen) atoms. The number of rotatable bonds is 6. The predicted octanol–water partition coefficient (Wildman–Crippen LogP) is 2.96. The highest BCUT2D eigenvalue weighted by molar-refractivity contribution is 5.06. The molecule has 1 aromatic heterocycles. The number of nitrogens with zero attached hydrogens (tertiary/aromatic N) is 1. The molecule has 1 heterocycles. The van der Waals surface area contributed by atoms with Gasteiger partial charge in [-0.05, 0) is 52.4 Å². The Morgan fingerprint density at radius 3 is 2.56 bits per heavy atom. The number of furan rings is 1. The monoisotopic (exact) mass is 250 g/mol. The molecule has 0 saturated carbocycles. The molecule has 3 heteroatoms. The molecular weight excluding hydrogens is 224 g/mol. The predicted molar refractivity (Wildman–Crippen MR) is 76.7 cm³/mol. The van der Waals surface area contributed by atoms with E-state index in [0.717, 1.165) is 31.2 Å². The van der Waals surface area contributed by atoms with Crippen LogP contribution in [-0.2, 0) is 6.54 Å². The summed E-state index contributed by atoms with van der Waals surface area (Å²) in [6.07, 6.45) is 0. The Balaban J connectivity index is 2.31. The normalized spacial score (nSPS) is 12.1. The Labute approximate surface area is 111 Å². The van der Waals surface area contributed by atoms with Gasteiger partial charge in [0.05, 0.1) is 6.54 Å². The van der Waals surface area contributed by atoms with Crippen LogP contribution in [0.1, 0.15) is 32.3 Å². The Hall–Kier alpha value is -1.06. The maximum Gasteiger partial charge on any atom is 0.118 e. The first-order chi connectivity index (χ1) is 8.26. The van der Waals surface area contributed by atoms with E-state index in [2.05, 4.69) is 44.6 Å². The smallest absolute Gasteiger partial charge is 0.118 e. The molecule has 0 aliphatic heterocycles. The van der Waals surface area contributed by atoms with Crippen LogP contribution in [0.2, 0.25) is 0 Å². The third kappa shape index (κ3) is 6.03. The summed E-state index contributed by atoms with van der Waals surface area (Å²) in [5.74, 6) is 1.97. The van der Waals surface area contributed by atoms with E-state index >= 15 is 0 Å². The quantitative estimate of drug-likeness (QED) is 0.787. The van der Waals surface area contributed by atoms with Crippen LogP contribution in [0.15, 0.2) is 28.7 Å². The minimum absolute atomic E-state index is 0.139. The van der Waals surface area contributed by atoms with E-state index < -0.39 is 0 Å². The van der Waals surface area contributed by atoms with Crippen molar-refractivity contribution in [2.75, 3.05) is 20.1 Å². The maximum atomic E-state index is 5.56. The lowest BCUT2D eigenvalue weighted by Gasteiger charge is -2.23. The van der Waals surface area contributed by atoms with Gasteiger partial charge < -0.3 is 9.73 Å². The van der Waals surface area contributed by atoms with Crippen LogP contribution in [0.4, 0.5) is 0 Å². The molecule has 102 valence electrons. The fourth-order valence-electron chi connectivity index (χ4n) is 1.72. The van der Waals surface area contributed by atoms with Crippen molar-refractivity contribution in [3.63, 3.8) is 0 Å². The second-order valence-electron chi connectivity index (χ2n) is 6.04. The van der Waals surface area contributed by atoms with E-state index in [4.69, 9.17) is 4.42 Å². The number of aryl methyl sites for hydroxylation is 1. The van der Waals surface area contributed by atoms with Crippen LogP contribution in [0.5, 0.6) is 0 Å². The van der Waals surface area contributed by atoms with Crippen LogP contribution in [0, 0.1) is 6.92 Å². The molecule has 0 spiro atoms. The van der Waals surface area contributed by atoms with Gasteiger partial charge in [0.15, 0.2) is 0 Å². The average Bonchev–Trinajstić information content (AvgIpc) is 2.59. The Kier molecular flexibility index (Phi) is 5.17. The molecule has 1 N–H and O–H groups in total. The highest BCUT2D eigenvalue weighted by atomic mass is 16.3. The van der Waals surface area contributed by atoms with E-state index in [9.17, 15) is 0 Å². The largest absolute Gasteiger partial charge is 0.465 e. The second-order valence-corrected chi connectivity index (χ2v) is 6.04. The third-order valence-electron chi connectivity index (χ3n) is 2.58. The average molecular weight is 250 g/mol. The topological polar surface area (TPSA) is 28.4 Å². The summed E-state index contributed by atoms with van der Waals surface area (Å²) in [5, 5.41) is 3.45. The molecule has 0 aliphatic rings. The van der Waals surface area contributed by atoms with E-state index in [1.807, 2.05) is 19.1 Å². The first-order valence-corrected chi connectivity index (χ1v) is 6.42. The molecule has 0 bridgehead atoms. The summed E-state index contributed by atoms with van der Waals surface area (Å²) in [6.45, 7) is 15.1. The van der Waals surface area contributed by atoms with Crippen LogP contribution in [0.3, 0.4) is 0 Å². The van der Waals surface area contributed by atoms with Crippen molar-refractivity contribution in [2.24, 2.45) is 0 Å². The van der Waals surface area contributed by atoms with Gasteiger partial charge in [0.25, 0.3) is 0 Å². The van der Waals surface area contributed by atoms with Gasteiger partial charge >= 0.3 is 0 Å². The minimum atomic E-state index is 0.139. The van der Waals surface area contributed by atoms with Gasteiger partial charge in [0.2, 0.25) is 0 Å². The molecule has 0 unspecified atom stereocenters. The standard InChI is InChI=1S/C15H26N2O/c1-12(9-16-15(3,4)5)10-17(6)11-14-8-7-13(2)18-14/h7-8,16H,1,9-11H2,2-6H3. The van der Waals surface area contributed by atoms with E-state index in [1.165, 1.54) is 5.57 Å². The molecule has 0 radical (unpaired) electrons. The van der Waals surface area contributed by atoms with Crippen molar-refractivity contribution in [3.8, 4) is 0 Å². The summed E-state index contributed by atoms with van der Waals surface area (Å²) in [7, 11) is 2.08. The van der Waals surface area contributed by atoms with E-state index in [-0.39, 0.29) is 5.54 Å². The molecule has 0 aromatic carbocycles. The fraction of sp³-hybridized carbons (Fsp3) is 0.600. The summed E-state index contributed by atoms with van der Waals surface area (Å²) < 4.78 is 5.56. The van der Waals surface area contributed by atoms with Crippen LogP contribution in [0.25, 0.3) is 0 Å². The number of nitrogens with one attached hydrogen (secondary N) is 1. The SMILES string of the molecule is C=C(CNC(C)(C)C)CN(C)Cc1ccc(C)o1. The van der Waals surface area contributed by atoms with Gasteiger partial charge in [-0.25, -0.2) is 0 Å². The number of hydrogen-bond donors (Lipinski definition) is 1. The zero-order valence-electron chi connectivity index (χ0n) is 12.3. The number of hydrogen-bond acceptors (Lipinski definition) is 3. The van der Waals surface area contributed by atoms with Crippen LogP contribution in [-0.4, -0.2) is 30.6 Å². The Bertz CT molecular complexity index is 387. The molecule has 0 aliphatic carbocycles. The minimum Gasteiger partial charge on any atom is -0.465 e. The van der Waals surface area contributed by atoms with Gasteiger partial charge in [0.1, 0.15) is 11.5 Å². The van der Waals surface area contributed by atoms with Gasteiger partial charge in [-0.1, -0.05) is 6.58 Å².